The molecular formula is C16H26N2O. The van der Waals surface area contributed by atoms with Crippen molar-refractivity contribution in [2.75, 3.05) is 25.0 Å². The molecule has 0 aliphatic rings. The summed E-state index contributed by atoms with van der Waals surface area (Å²) in [6.07, 6.45) is 2.26. The van der Waals surface area contributed by atoms with Gasteiger partial charge in [-0.1, -0.05) is 44.9 Å². The molecule has 0 radical (unpaired) electrons. The molecule has 0 atom stereocenters. The number of nitrogens with zero attached hydrogens (tertiary/aromatic N) is 1. The summed E-state index contributed by atoms with van der Waals surface area (Å²) in [6, 6.07) is 9.86. The number of hydrogen-bond donors (Lipinski definition) is 1. The first-order valence-electron chi connectivity index (χ1n) is 7.27. The van der Waals surface area contributed by atoms with Crippen LogP contribution in [0.4, 0.5) is 5.69 Å². The zero-order valence-corrected chi connectivity index (χ0v) is 12.4. The van der Waals surface area contributed by atoms with Gasteiger partial charge in [0.1, 0.15) is 0 Å². The van der Waals surface area contributed by atoms with Gasteiger partial charge in [0, 0.05) is 18.8 Å². The molecule has 0 spiro atoms. The van der Waals surface area contributed by atoms with Crippen LogP contribution in [-0.4, -0.2) is 30.4 Å². The predicted molar refractivity (Wildman–Crippen MR) is 81.3 cm³/mol. The van der Waals surface area contributed by atoms with E-state index in [2.05, 4.69) is 19.2 Å². The van der Waals surface area contributed by atoms with Crippen molar-refractivity contribution in [3.8, 4) is 0 Å². The number of rotatable bonds is 8. The minimum absolute atomic E-state index is 0.179. The van der Waals surface area contributed by atoms with Gasteiger partial charge in [-0.15, -0.1) is 0 Å². The maximum atomic E-state index is 12.2. The number of likely N-dealkylation sites (N-methyl/N-ethyl adjacent to an activating group) is 1. The van der Waals surface area contributed by atoms with E-state index in [9.17, 15) is 4.79 Å². The Kier molecular flexibility index (Phi) is 7.01. The molecule has 3 heteroatoms. The molecule has 0 saturated heterocycles. The lowest BCUT2D eigenvalue weighted by molar-refractivity contribution is -0.129. The number of hydrogen-bond acceptors (Lipinski definition) is 2. The van der Waals surface area contributed by atoms with E-state index in [-0.39, 0.29) is 5.91 Å². The van der Waals surface area contributed by atoms with Gasteiger partial charge in [0.05, 0.1) is 6.54 Å². The van der Waals surface area contributed by atoms with Gasteiger partial charge in [0.25, 0.3) is 0 Å². The number of nitrogens with one attached hydrogen (secondary N) is 1. The molecule has 0 unspecified atom stereocenters. The van der Waals surface area contributed by atoms with E-state index >= 15 is 0 Å². The van der Waals surface area contributed by atoms with Crippen LogP contribution < -0.4 is 5.32 Å². The van der Waals surface area contributed by atoms with Crippen molar-refractivity contribution in [1.29, 1.82) is 0 Å². The fraction of sp³-hybridized carbons (Fsp3) is 0.562. The van der Waals surface area contributed by atoms with Gasteiger partial charge in [0.15, 0.2) is 0 Å². The topological polar surface area (TPSA) is 32.3 Å². The highest BCUT2D eigenvalue weighted by molar-refractivity contribution is 5.80. The van der Waals surface area contributed by atoms with Crippen LogP contribution in [0.3, 0.4) is 0 Å². The third-order valence-corrected chi connectivity index (χ3v) is 3.59. The Labute approximate surface area is 117 Å². The second-order valence-electron chi connectivity index (χ2n) is 4.83. The maximum Gasteiger partial charge on any atom is 0.241 e. The molecular weight excluding hydrogens is 236 g/mol. The lowest BCUT2D eigenvalue weighted by Crippen LogP contribution is -2.38. The molecule has 106 valence electrons. The zero-order valence-electron chi connectivity index (χ0n) is 12.4. The largest absolute Gasteiger partial charge is 0.376 e. The monoisotopic (exact) mass is 262 g/mol. The van der Waals surface area contributed by atoms with E-state index in [0.717, 1.165) is 31.6 Å². The van der Waals surface area contributed by atoms with Crippen LogP contribution in [0.2, 0.25) is 0 Å². The van der Waals surface area contributed by atoms with E-state index in [4.69, 9.17) is 0 Å². The SMILES string of the molecule is CCC(CC)CN(CC)C(=O)CNc1ccccc1. The molecule has 0 heterocycles. The van der Waals surface area contributed by atoms with Crippen molar-refractivity contribution >= 4 is 11.6 Å². The van der Waals surface area contributed by atoms with Gasteiger partial charge in [-0.3, -0.25) is 4.79 Å². The molecule has 1 aromatic rings. The highest BCUT2D eigenvalue weighted by Crippen LogP contribution is 2.10. The molecule has 0 fully saturated rings. The fourth-order valence-corrected chi connectivity index (χ4v) is 2.11. The molecule has 3 nitrogen and oxygen atoms in total. The van der Waals surface area contributed by atoms with Gasteiger partial charge in [0.2, 0.25) is 5.91 Å². The maximum absolute atomic E-state index is 12.2. The summed E-state index contributed by atoms with van der Waals surface area (Å²) in [5.41, 5.74) is 0.995. The normalized spacial score (nSPS) is 10.5. The summed E-state index contributed by atoms with van der Waals surface area (Å²) in [5.74, 6) is 0.791. The number of para-hydroxylation sites is 1. The van der Waals surface area contributed by atoms with Crippen LogP contribution in [0.25, 0.3) is 0 Å². The third-order valence-electron chi connectivity index (χ3n) is 3.59. The van der Waals surface area contributed by atoms with Gasteiger partial charge in [-0.2, -0.15) is 0 Å². The lowest BCUT2D eigenvalue weighted by atomic mass is 10.0. The van der Waals surface area contributed by atoms with Crippen molar-refractivity contribution in [3.05, 3.63) is 30.3 Å². The average Bonchev–Trinajstić information content (AvgIpc) is 2.47. The number of anilines is 1. The van der Waals surface area contributed by atoms with Crippen LogP contribution in [-0.2, 0) is 4.79 Å². The van der Waals surface area contributed by atoms with Crippen molar-refractivity contribution in [1.82, 2.24) is 4.90 Å². The molecule has 0 saturated carbocycles. The first-order chi connectivity index (χ1) is 9.21. The van der Waals surface area contributed by atoms with Gasteiger partial charge < -0.3 is 10.2 Å². The first kappa shape index (κ1) is 15.5. The summed E-state index contributed by atoms with van der Waals surface area (Å²) in [5, 5.41) is 3.18. The Morgan fingerprint density at radius 3 is 2.32 bits per heavy atom. The second-order valence-corrected chi connectivity index (χ2v) is 4.83. The van der Waals surface area contributed by atoms with Crippen molar-refractivity contribution in [2.45, 2.75) is 33.6 Å². The Bertz CT molecular complexity index is 360. The molecule has 0 aromatic heterocycles. The van der Waals surface area contributed by atoms with Gasteiger partial charge in [-0.05, 0) is 25.0 Å². The first-order valence-corrected chi connectivity index (χ1v) is 7.27. The number of amides is 1. The molecule has 1 aromatic carbocycles. The van der Waals surface area contributed by atoms with Crippen LogP contribution in [0.5, 0.6) is 0 Å². The minimum atomic E-state index is 0.179. The number of benzene rings is 1. The third kappa shape index (κ3) is 5.33. The van der Waals surface area contributed by atoms with E-state index in [0.29, 0.717) is 12.5 Å². The Hall–Kier alpha value is -1.51. The highest BCUT2D eigenvalue weighted by Gasteiger charge is 2.15. The summed E-state index contributed by atoms with van der Waals surface area (Å²) in [7, 11) is 0. The fourth-order valence-electron chi connectivity index (χ4n) is 2.11. The Morgan fingerprint density at radius 1 is 1.16 bits per heavy atom. The van der Waals surface area contributed by atoms with Crippen molar-refractivity contribution in [2.24, 2.45) is 5.92 Å². The minimum Gasteiger partial charge on any atom is -0.376 e. The molecule has 0 aliphatic heterocycles. The molecule has 1 N–H and O–H groups in total. The van der Waals surface area contributed by atoms with Crippen LogP contribution in [0.1, 0.15) is 33.6 Å². The Balaban J connectivity index is 2.45. The molecule has 0 aliphatic carbocycles. The van der Waals surface area contributed by atoms with Crippen molar-refractivity contribution in [3.63, 3.8) is 0 Å². The lowest BCUT2D eigenvalue weighted by Gasteiger charge is -2.25. The van der Waals surface area contributed by atoms with E-state index in [1.807, 2.05) is 42.2 Å². The molecule has 1 rings (SSSR count). The van der Waals surface area contributed by atoms with E-state index in [1.54, 1.807) is 0 Å². The molecule has 0 bridgehead atoms. The van der Waals surface area contributed by atoms with Crippen molar-refractivity contribution < 1.29 is 4.79 Å². The summed E-state index contributed by atoms with van der Waals surface area (Å²) in [4.78, 5) is 14.1. The van der Waals surface area contributed by atoms with E-state index < -0.39 is 0 Å². The summed E-state index contributed by atoms with van der Waals surface area (Å²) >= 11 is 0. The highest BCUT2D eigenvalue weighted by atomic mass is 16.2. The van der Waals surface area contributed by atoms with Gasteiger partial charge in [-0.25, -0.2) is 0 Å². The molecule has 19 heavy (non-hydrogen) atoms. The second kappa shape index (κ2) is 8.57. The van der Waals surface area contributed by atoms with Crippen LogP contribution in [0.15, 0.2) is 30.3 Å². The summed E-state index contributed by atoms with van der Waals surface area (Å²) in [6.45, 7) is 8.45. The zero-order chi connectivity index (χ0) is 14.1. The standard InChI is InChI=1S/C16H26N2O/c1-4-14(5-2)13-18(6-3)16(19)12-17-15-10-8-7-9-11-15/h7-11,14,17H,4-6,12-13H2,1-3H3. The number of carbonyl (C=O) groups is 1. The molecule has 1 amide bonds. The van der Waals surface area contributed by atoms with E-state index in [1.165, 1.54) is 0 Å². The van der Waals surface area contributed by atoms with Gasteiger partial charge >= 0.3 is 0 Å². The van der Waals surface area contributed by atoms with Crippen LogP contribution in [0, 0.1) is 5.92 Å². The average molecular weight is 262 g/mol. The van der Waals surface area contributed by atoms with Crippen LogP contribution >= 0.6 is 0 Å². The quantitative estimate of drug-likeness (QED) is 0.779. The summed E-state index contributed by atoms with van der Waals surface area (Å²) < 4.78 is 0. The smallest absolute Gasteiger partial charge is 0.241 e. The number of carbonyl (C=O) groups excluding carboxylic acids is 1. The Morgan fingerprint density at radius 2 is 1.79 bits per heavy atom. The predicted octanol–water partition coefficient (Wildman–Crippen LogP) is 3.38.